The molecule has 0 spiro atoms. The second-order valence-electron chi connectivity index (χ2n) is 3.01. The SMILES string of the molecule is CCc1cc(C(C)=O)c(C#N)cc1I. The molecule has 14 heavy (non-hydrogen) atoms. The fraction of sp³-hybridized carbons (Fsp3) is 0.273. The summed E-state index contributed by atoms with van der Waals surface area (Å²) in [6.07, 6.45) is 0.879. The van der Waals surface area contributed by atoms with Crippen molar-refractivity contribution < 1.29 is 4.79 Å². The standard InChI is InChI=1S/C11H10INO/c1-3-8-4-10(7(2)14)9(6-13)5-11(8)12/h4-5H,3H2,1-2H3. The van der Waals surface area contributed by atoms with Gasteiger partial charge in [-0.25, -0.2) is 0 Å². The molecule has 0 aromatic heterocycles. The molecular weight excluding hydrogens is 289 g/mol. The lowest BCUT2D eigenvalue weighted by Gasteiger charge is -2.05. The van der Waals surface area contributed by atoms with E-state index < -0.39 is 0 Å². The summed E-state index contributed by atoms with van der Waals surface area (Å²) in [6.45, 7) is 3.52. The van der Waals surface area contributed by atoms with Crippen LogP contribution in [0.5, 0.6) is 0 Å². The van der Waals surface area contributed by atoms with Crippen LogP contribution < -0.4 is 0 Å². The second kappa shape index (κ2) is 4.56. The molecule has 1 aromatic carbocycles. The van der Waals surface area contributed by atoms with Gasteiger partial charge in [0, 0.05) is 9.13 Å². The molecule has 0 N–H and O–H groups in total. The Kier molecular flexibility index (Phi) is 3.64. The molecule has 0 aliphatic rings. The van der Waals surface area contributed by atoms with Crippen molar-refractivity contribution in [1.82, 2.24) is 0 Å². The van der Waals surface area contributed by atoms with Crippen molar-refractivity contribution >= 4 is 28.4 Å². The van der Waals surface area contributed by atoms with E-state index in [9.17, 15) is 4.79 Å². The first kappa shape index (κ1) is 11.2. The number of carbonyl (C=O) groups excluding carboxylic acids is 1. The van der Waals surface area contributed by atoms with Crippen LogP contribution in [0.4, 0.5) is 0 Å². The average molecular weight is 299 g/mol. The van der Waals surface area contributed by atoms with Gasteiger partial charge in [0.1, 0.15) is 0 Å². The quantitative estimate of drug-likeness (QED) is 0.622. The molecule has 0 saturated carbocycles. The summed E-state index contributed by atoms with van der Waals surface area (Å²) in [5.41, 5.74) is 2.12. The van der Waals surface area contributed by atoms with Crippen LogP contribution in [-0.4, -0.2) is 5.78 Å². The van der Waals surface area contributed by atoms with E-state index in [2.05, 4.69) is 22.6 Å². The average Bonchev–Trinajstić information content (AvgIpc) is 2.16. The predicted octanol–water partition coefficient (Wildman–Crippen LogP) is 2.93. The minimum Gasteiger partial charge on any atom is -0.294 e. The van der Waals surface area contributed by atoms with Crippen molar-refractivity contribution in [2.45, 2.75) is 20.3 Å². The number of aryl methyl sites for hydroxylation is 1. The maximum atomic E-state index is 11.3. The number of hydrogen-bond acceptors (Lipinski definition) is 2. The molecule has 0 fully saturated rings. The fourth-order valence-electron chi connectivity index (χ4n) is 1.27. The van der Waals surface area contributed by atoms with Crippen LogP contribution in [0.15, 0.2) is 12.1 Å². The Morgan fingerprint density at radius 1 is 1.57 bits per heavy atom. The molecule has 1 aromatic rings. The number of carbonyl (C=O) groups is 1. The third-order valence-corrected chi connectivity index (χ3v) is 3.07. The molecule has 1 rings (SSSR count). The maximum Gasteiger partial charge on any atom is 0.161 e. The van der Waals surface area contributed by atoms with Crippen LogP contribution in [-0.2, 0) is 6.42 Å². The van der Waals surface area contributed by atoms with Gasteiger partial charge in [0.15, 0.2) is 5.78 Å². The molecule has 0 amide bonds. The number of benzene rings is 1. The third-order valence-electron chi connectivity index (χ3n) is 2.07. The van der Waals surface area contributed by atoms with Crippen LogP contribution in [0.25, 0.3) is 0 Å². The lowest BCUT2D eigenvalue weighted by molar-refractivity contribution is 0.101. The van der Waals surface area contributed by atoms with Crippen molar-refractivity contribution in [3.63, 3.8) is 0 Å². The number of nitrogens with zero attached hydrogens (tertiary/aromatic N) is 1. The lowest BCUT2D eigenvalue weighted by Crippen LogP contribution is -2.00. The number of halogens is 1. The highest BCUT2D eigenvalue weighted by Gasteiger charge is 2.10. The normalized spacial score (nSPS) is 9.57. The van der Waals surface area contributed by atoms with Gasteiger partial charge in [0.05, 0.1) is 11.6 Å². The van der Waals surface area contributed by atoms with E-state index in [1.54, 1.807) is 6.07 Å². The van der Waals surface area contributed by atoms with E-state index in [1.165, 1.54) is 6.92 Å². The molecule has 3 heteroatoms. The smallest absolute Gasteiger partial charge is 0.161 e. The molecule has 0 radical (unpaired) electrons. The van der Waals surface area contributed by atoms with Crippen molar-refractivity contribution in [3.05, 3.63) is 32.4 Å². The van der Waals surface area contributed by atoms with Crippen LogP contribution in [0.1, 0.15) is 35.3 Å². The fourth-order valence-corrected chi connectivity index (χ4v) is 2.12. The molecule has 0 aliphatic heterocycles. The molecule has 0 bridgehead atoms. The van der Waals surface area contributed by atoms with E-state index >= 15 is 0 Å². The van der Waals surface area contributed by atoms with Gasteiger partial charge in [0.2, 0.25) is 0 Å². The van der Waals surface area contributed by atoms with Crippen molar-refractivity contribution in [3.8, 4) is 6.07 Å². The van der Waals surface area contributed by atoms with Gasteiger partial charge < -0.3 is 0 Å². The van der Waals surface area contributed by atoms with E-state index in [0.717, 1.165) is 15.6 Å². The molecule has 2 nitrogen and oxygen atoms in total. The number of Topliss-reactive ketones (excluding diaryl/α,β-unsaturated/α-hetero) is 1. The van der Waals surface area contributed by atoms with Crippen molar-refractivity contribution in [1.29, 1.82) is 5.26 Å². The number of rotatable bonds is 2. The Morgan fingerprint density at radius 2 is 2.21 bits per heavy atom. The Hall–Kier alpha value is -0.890. The number of hydrogen-bond donors (Lipinski definition) is 0. The molecule has 0 atom stereocenters. The van der Waals surface area contributed by atoms with Crippen LogP contribution in [0.3, 0.4) is 0 Å². The highest BCUT2D eigenvalue weighted by molar-refractivity contribution is 14.1. The Balaban J connectivity index is 3.42. The second-order valence-corrected chi connectivity index (χ2v) is 4.17. The predicted molar refractivity (Wildman–Crippen MR) is 63.3 cm³/mol. The van der Waals surface area contributed by atoms with Crippen LogP contribution in [0.2, 0.25) is 0 Å². The zero-order valence-corrected chi connectivity index (χ0v) is 10.3. The van der Waals surface area contributed by atoms with Gasteiger partial charge in [0.25, 0.3) is 0 Å². The van der Waals surface area contributed by atoms with Crippen LogP contribution in [0, 0.1) is 14.9 Å². The minimum atomic E-state index is -0.0485. The molecule has 0 unspecified atom stereocenters. The summed E-state index contributed by atoms with van der Waals surface area (Å²) in [7, 11) is 0. The largest absolute Gasteiger partial charge is 0.294 e. The number of nitriles is 1. The van der Waals surface area contributed by atoms with Crippen molar-refractivity contribution in [2.75, 3.05) is 0 Å². The zero-order chi connectivity index (χ0) is 10.7. The summed E-state index contributed by atoms with van der Waals surface area (Å²) in [5, 5.41) is 8.85. The summed E-state index contributed by atoms with van der Waals surface area (Å²) >= 11 is 2.19. The molecular formula is C11H10INO. The van der Waals surface area contributed by atoms with Gasteiger partial charge in [-0.05, 0) is 53.6 Å². The van der Waals surface area contributed by atoms with Gasteiger partial charge in [-0.3, -0.25) is 4.79 Å². The summed E-state index contributed by atoms with van der Waals surface area (Å²) in [5.74, 6) is -0.0485. The van der Waals surface area contributed by atoms with Crippen molar-refractivity contribution in [2.24, 2.45) is 0 Å². The molecule has 72 valence electrons. The topological polar surface area (TPSA) is 40.9 Å². The first-order valence-electron chi connectivity index (χ1n) is 4.33. The van der Waals surface area contributed by atoms with Gasteiger partial charge >= 0.3 is 0 Å². The zero-order valence-electron chi connectivity index (χ0n) is 8.10. The monoisotopic (exact) mass is 299 g/mol. The first-order chi connectivity index (χ1) is 6.60. The molecule has 0 aliphatic carbocycles. The lowest BCUT2D eigenvalue weighted by atomic mass is 10.0. The van der Waals surface area contributed by atoms with Gasteiger partial charge in [-0.1, -0.05) is 6.92 Å². The Morgan fingerprint density at radius 3 is 2.64 bits per heavy atom. The highest BCUT2D eigenvalue weighted by atomic mass is 127. The maximum absolute atomic E-state index is 11.3. The minimum absolute atomic E-state index is 0.0485. The van der Waals surface area contributed by atoms with E-state index in [0.29, 0.717) is 11.1 Å². The van der Waals surface area contributed by atoms with Gasteiger partial charge in [-0.2, -0.15) is 5.26 Å². The summed E-state index contributed by atoms with van der Waals surface area (Å²) in [6, 6.07) is 5.64. The number of ketones is 1. The van der Waals surface area contributed by atoms with E-state index in [-0.39, 0.29) is 5.78 Å². The molecule has 0 heterocycles. The Bertz CT molecular complexity index is 418. The Labute approximate surface area is 97.1 Å². The first-order valence-corrected chi connectivity index (χ1v) is 5.41. The summed E-state index contributed by atoms with van der Waals surface area (Å²) in [4.78, 5) is 11.3. The van der Waals surface area contributed by atoms with Gasteiger partial charge in [-0.15, -0.1) is 0 Å². The molecule has 0 saturated heterocycles. The van der Waals surface area contributed by atoms with Crippen LogP contribution >= 0.6 is 22.6 Å². The highest BCUT2D eigenvalue weighted by Crippen LogP contribution is 2.19. The van der Waals surface area contributed by atoms with E-state index in [4.69, 9.17) is 5.26 Å². The third kappa shape index (κ3) is 2.13. The van der Waals surface area contributed by atoms with E-state index in [1.807, 2.05) is 19.1 Å². The summed E-state index contributed by atoms with van der Waals surface area (Å²) < 4.78 is 1.05.